The van der Waals surface area contributed by atoms with Gasteiger partial charge in [0, 0.05) is 42.7 Å². The second-order valence-corrected chi connectivity index (χ2v) is 9.65. The smallest absolute Gasteiger partial charge is 0.417 e. The Hall–Kier alpha value is -1.98. The quantitative estimate of drug-likeness (QED) is 0.509. The molecule has 2 bridgehead atoms. The number of nitrogens with zero attached hydrogens (tertiary/aromatic N) is 1. The minimum atomic E-state index is -4.78. The fraction of sp³-hybridized carbons (Fsp3) is 0.333. The lowest BCUT2D eigenvalue weighted by Gasteiger charge is -2.27. The minimum absolute atomic E-state index is 0. The molecule has 0 aliphatic carbocycles. The number of rotatable bonds is 5. The number of fused-ring (bicyclic) bond motifs is 3. The van der Waals surface area contributed by atoms with Gasteiger partial charge in [-0.3, -0.25) is 9.62 Å². The lowest BCUT2D eigenvalue weighted by molar-refractivity contribution is -0.139. The number of benzene rings is 2. The molecular formula is C21H22Cl2F3N3O3S. The van der Waals surface area contributed by atoms with Gasteiger partial charge in [-0.05, 0) is 36.8 Å². The van der Waals surface area contributed by atoms with Crippen LogP contribution in [-0.2, 0) is 22.7 Å². The zero-order valence-electron chi connectivity index (χ0n) is 17.1. The summed E-state index contributed by atoms with van der Waals surface area (Å²) in [5.74, 6) is 0. The average Bonchev–Trinajstić information content (AvgIpc) is 3.44. The van der Waals surface area contributed by atoms with Crippen LogP contribution in [0.3, 0.4) is 0 Å². The Balaban J connectivity index is 0.00000153. The van der Waals surface area contributed by atoms with Crippen molar-refractivity contribution in [3.8, 4) is 0 Å². The number of anilines is 1. The van der Waals surface area contributed by atoms with Gasteiger partial charge >= 0.3 is 6.18 Å². The Bertz CT molecular complexity index is 1250. The van der Waals surface area contributed by atoms with Gasteiger partial charge in [0.25, 0.3) is 10.0 Å². The zero-order chi connectivity index (χ0) is 21.8. The number of hydrogen-bond donors (Lipinski definition) is 2. The normalized spacial score (nSPS) is 20.5. The highest BCUT2D eigenvalue weighted by molar-refractivity contribution is 7.92. The SMILES string of the molecule is Cl.Cl.O=S(=O)(Nc1cc(CN2C[C@@H]3C[C@H]2CN3)c2occc2c1)c1ccccc1C(F)(F)F. The molecule has 6 nitrogen and oxygen atoms in total. The van der Waals surface area contributed by atoms with Gasteiger partial charge < -0.3 is 9.73 Å². The summed E-state index contributed by atoms with van der Waals surface area (Å²) >= 11 is 0. The molecule has 2 atom stereocenters. The third-order valence-corrected chi connectivity index (χ3v) is 7.35. The van der Waals surface area contributed by atoms with E-state index in [2.05, 4.69) is 14.9 Å². The average molecular weight is 524 g/mol. The molecule has 180 valence electrons. The predicted molar refractivity (Wildman–Crippen MR) is 124 cm³/mol. The molecule has 2 aliphatic heterocycles. The van der Waals surface area contributed by atoms with Crippen LogP contribution >= 0.6 is 24.8 Å². The maximum absolute atomic E-state index is 13.3. The molecule has 1 aromatic heterocycles. The third kappa shape index (κ3) is 4.95. The Morgan fingerprint density at radius 2 is 1.91 bits per heavy atom. The number of halogens is 5. The summed E-state index contributed by atoms with van der Waals surface area (Å²) in [5, 5.41) is 4.12. The van der Waals surface area contributed by atoms with Gasteiger partial charge in [-0.2, -0.15) is 13.2 Å². The van der Waals surface area contributed by atoms with Crippen molar-refractivity contribution in [3.05, 3.63) is 59.9 Å². The van der Waals surface area contributed by atoms with Crippen molar-refractivity contribution in [1.82, 2.24) is 10.2 Å². The van der Waals surface area contributed by atoms with Gasteiger partial charge in [-0.25, -0.2) is 8.42 Å². The van der Waals surface area contributed by atoms with Crippen LogP contribution in [0.2, 0.25) is 0 Å². The number of piperazine rings is 1. The molecule has 0 amide bonds. The summed E-state index contributed by atoms with van der Waals surface area (Å²) in [6, 6.07) is 9.92. The summed E-state index contributed by atoms with van der Waals surface area (Å²) in [6.45, 7) is 2.37. The molecule has 0 saturated carbocycles. The van der Waals surface area contributed by atoms with E-state index in [0.29, 0.717) is 29.6 Å². The summed E-state index contributed by atoms with van der Waals surface area (Å²) in [5.41, 5.74) is 0.433. The van der Waals surface area contributed by atoms with Crippen molar-refractivity contribution < 1.29 is 26.0 Å². The maximum atomic E-state index is 13.3. The van der Waals surface area contributed by atoms with Gasteiger partial charge in [0.2, 0.25) is 0 Å². The van der Waals surface area contributed by atoms with Crippen molar-refractivity contribution in [2.24, 2.45) is 0 Å². The van der Waals surface area contributed by atoms with Crippen LogP contribution in [0.5, 0.6) is 0 Å². The Labute approximate surface area is 201 Å². The lowest BCUT2D eigenvalue weighted by atomic mass is 10.1. The van der Waals surface area contributed by atoms with Crippen LogP contribution in [0.4, 0.5) is 18.9 Å². The molecule has 5 rings (SSSR count). The van der Waals surface area contributed by atoms with Crippen LogP contribution in [0, 0.1) is 0 Å². The van der Waals surface area contributed by atoms with Crippen LogP contribution in [0.25, 0.3) is 11.0 Å². The van der Waals surface area contributed by atoms with Crippen molar-refractivity contribution in [3.63, 3.8) is 0 Å². The Morgan fingerprint density at radius 1 is 1.15 bits per heavy atom. The number of likely N-dealkylation sites (tertiary alicyclic amines) is 1. The fourth-order valence-corrected chi connectivity index (χ4v) is 5.81. The molecule has 0 spiro atoms. The summed E-state index contributed by atoms with van der Waals surface area (Å²) < 4.78 is 73.6. The summed E-state index contributed by atoms with van der Waals surface area (Å²) in [6.07, 6.45) is -2.20. The van der Waals surface area contributed by atoms with E-state index in [1.54, 1.807) is 18.2 Å². The lowest BCUT2D eigenvalue weighted by Crippen LogP contribution is -2.43. The molecule has 2 N–H and O–H groups in total. The first-order chi connectivity index (χ1) is 14.7. The van der Waals surface area contributed by atoms with Crippen molar-refractivity contribution in [2.45, 2.75) is 36.1 Å². The number of hydrogen-bond acceptors (Lipinski definition) is 5. The van der Waals surface area contributed by atoms with E-state index < -0.39 is 26.7 Å². The molecule has 2 saturated heterocycles. The molecule has 2 fully saturated rings. The van der Waals surface area contributed by atoms with E-state index in [1.807, 2.05) is 0 Å². The van der Waals surface area contributed by atoms with E-state index in [9.17, 15) is 21.6 Å². The second-order valence-electron chi connectivity index (χ2n) is 8.00. The van der Waals surface area contributed by atoms with Gasteiger partial charge in [0.05, 0.1) is 22.4 Å². The largest absolute Gasteiger partial charge is 0.464 e. The van der Waals surface area contributed by atoms with Gasteiger partial charge in [0.15, 0.2) is 0 Å². The highest BCUT2D eigenvalue weighted by Gasteiger charge is 2.38. The highest BCUT2D eigenvalue weighted by atomic mass is 35.5. The molecular weight excluding hydrogens is 502 g/mol. The van der Waals surface area contributed by atoms with Gasteiger partial charge in [-0.1, -0.05) is 12.1 Å². The number of alkyl halides is 3. The third-order valence-electron chi connectivity index (χ3n) is 5.91. The van der Waals surface area contributed by atoms with E-state index in [4.69, 9.17) is 4.42 Å². The summed E-state index contributed by atoms with van der Waals surface area (Å²) in [4.78, 5) is 1.51. The first kappa shape index (κ1) is 25.6. The van der Waals surface area contributed by atoms with E-state index >= 15 is 0 Å². The van der Waals surface area contributed by atoms with Crippen molar-refractivity contribution in [1.29, 1.82) is 0 Å². The Morgan fingerprint density at radius 3 is 2.58 bits per heavy atom. The van der Waals surface area contributed by atoms with Crippen LogP contribution in [0.15, 0.2) is 58.0 Å². The zero-order valence-corrected chi connectivity index (χ0v) is 19.6. The first-order valence-corrected chi connectivity index (χ1v) is 11.4. The van der Waals surface area contributed by atoms with Crippen LogP contribution in [-0.4, -0.2) is 38.5 Å². The predicted octanol–water partition coefficient (Wildman–Crippen LogP) is 4.64. The fourth-order valence-electron chi connectivity index (χ4n) is 4.54. The van der Waals surface area contributed by atoms with Crippen molar-refractivity contribution in [2.75, 3.05) is 17.8 Å². The first-order valence-electron chi connectivity index (χ1n) is 9.87. The maximum Gasteiger partial charge on any atom is 0.417 e. The molecule has 2 aliphatic rings. The van der Waals surface area contributed by atoms with E-state index in [-0.39, 0.29) is 30.5 Å². The molecule has 0 radical (unpaired) electrons. The molecule has 33 heavy (non-hydrogen) atoms. The number of sulfonamides is 1. The second kappa shape index (κ2) is 9.34. The molecule has 12 heteroatoms. The topological polar surface area (TPSA) is 74.6 Å². The van der Waals surface area contributed by atoms with E-state index in [1.165, 1.54) is 12.3 Å². The number of furan rings is 1. The highest BCUT2D eigenvalue weighted by Crippen LogP contribution is 2.35. The molecule has 3 heterocycles. The van der Waals surface area contributed by atoms with E-state index in [0.717, 1.165) is 43.3 Å². The standard InChI is InChI=1S/C21H20F3N3O3S.2ClH/c22-21(23,24)18-3-1-2-4-19(18)31(28,29)26-15-7-13-5-6-30-20(13)14(8-15)11-27-12-16-9-17(27)10-25-16;;/h1-8,16-17,25-26H,9-12H2;2*1H/t16-,17-;;/m0../s1. The number of nitrogens with one attached hydrogen (secondary N) is 2. The molecule has 0 unspecified atom stereocenters. The molecule has 3 aromatic rings. The Kier molecular flexibility index (Phi) is 7.26. The molecule has 2 aromatic carbocycles. The summed E-state index contributed by atoms with van der Waals surface area (Å²) in [7, 11) is -4.46. The van der Waals surface area contributed by atoms with Crippen LogP contribution in [0.1, 0.15) is 17.5 Å². The van der Waals surface area contributed by atoms with Gasteiger partial charge in [0.1, 0.15) is 5.58 Å². The minimum Gasteiger partial charge on any atom is -0.464 e. The monoisotopic (exact) mass is 523 g/mol. The van der Waals surface area contributed by atoms with Crippen LogP contribution < -0.4 is 10.0 Å². The van der Waals surface area contributed by atoms with Gasteiger partial charge in [-0.15, -0.1) is 24.8 Å². The van der Waals surface area contributed by atoms with Crippen molar-refractivity contribution >= 4 is 51.5 Å².